The minimum atomic E-state index is -0.366. The second-order valence-electron chi connectivity index (χ2n) is 5.54. The van der Waals surface area contributed by atoms with Crippen molar-refractivity contribution in [2.45, 2.75) is 18.9 Å². The number of H-pyrrole nitrogens is 1. The van der Waals surface area contributed by atoms with Gasteiger partial charge in [0.25, 0.3) is 0 Å². The third-order valence-electron chi connectivity index (χ3n) is 3.80. The summed E-state index contributed by atoms with van der Waals surface area (Å²) in [6.07, 6.45) is 3.98. The Hall–Kier alpha value is -2.95. The normalized spacial score (nSPS) is 11.9. The van der Waals surface area contributed by atoms with Crippen LogP contribution in [-0.2, 0) is 17.6 Å². The molecule has 0 bridgehead atoms. The summed E-state index contributed by atoms with van der Waals surface area (Å²) < 4.78 is 13.7. The minimum absolute atomic E-state index is 0.00810. The molecule has 0 saturated carbocycles. The van der Waals surface area contributed by atoms with E-state index in [0.29, 0.717) is 12.0 Å². The van der Waals surface area contributed by atoms with Gasteiger partial charge in [0, 0.05) is 18.8 Å². The maximum atomic E-state index is 13.7. The second kappa shape index (κ2) is 7.55. The van der Waals surface area contributed by atoms with Crippen molar-refractivity contribution in [2.24, 2.45) is 0 Å². The summed E-state index contributed by atoms with van der Waals surface area (Å²) in [4.78, 5) is 19.6. The van der Waals surface area contributed by atoms with Crippen LogP contribution >= 0.6 is 0 Å². The number of halogens is 1. The maximum absolute atomic E-state index is 13.7. The molecule has 5 heteroatoms. The van der Waals surface area contributed by atoms with E-state index in [-0.39, 0.29) is 24.2 Å². The van der Waals surface area contributed by atoms with E-state index in [1.807, 2.05) is 30.3 Å². The Morgan fingerprint density at radius 3 is 2.58 bits per heavy atom. The summed E-state index contributed by atoms with van der Waals surface area (Å²) in [5.74, 6) is 0.200. The van der Waals surface area contributed by atoms with Crippen LogP contribution in [0.25, 0.3) is 0 Å². The van der Waals surface area contributed by atoms with Gasteiger partial charge in [-0.3, -0.25) is 4.79 Å². The van der Waals surface area contributed by atoms with E-state index in [0.717, 1.165) is 11.4 Å². The van der Waals surface area contributed by atoms with Crippen LogP contribution in [0.2, 0.25) is 0 Å². The fourth-order valence-corrected chi connectivity index (χ4v) is 2.60. The topological polar surface area (TPSA) is 57.8 Å². The van der Waals surface area contributed by atoms with Gasteiger partial charge < -0.3 is 10.3 Å². The van der Waals surface area contributed by atoms with Crippen LogP contribution < -0.4 is 5.32 Å². The number of carbonyl (C=O) groups is 1. The van der Waals surface area contributed by atoms with Crippen molar-refractivity contribution in [3.63, 3.8) is 0 Å². The van der Waals surface area contributed by atoms with Gasteiger partial charge in [-0.2, -0.15) is 0 Å². The van der Waals surface area contributed by atoms with Crippen LogP contribution in [-0.4, -0.2) is 15.9 Å². The molecule has 1 amide bonds. The van der Waals surface area contributed by atoms with Crippen molar-refractivity contribution in [1.82, 2.24) is 15.3 Å². The molecule has 1 aromatic heterocycles. The smallest absolute Gasteiger partial charge is 0.225 e. The van der Waals surface area contributed by atoms with E-state index >= 15 is 0 Å². The van der Waals surface area contributed by atoms with Crippen LogP contribution in [0.5, 0.6) is 0 Å². The van der Waals surface area contributed by atoms with Gasteiger partial charge in [-0.15, -0.1) is 0 Å². The van der Waals surface area contributed by atoms with Crippen molar-refractivity contribution >= 4 is 5.91 Å². The van der Waals surface area contributed by atoms with Gasteiger partial charge in [0.2, 0.25) is 5.91 Å². The summed E-state index contributed by atoms with van der Waals surface area (Å²) >= 11 is 0. The molecule has 3 aromatic rings. The second-order valence-corrected chi connectivity index (χ2v) is 5.54. The van der Waals surface area contributed by atoms with E-state index < -0.39 is 0 Å². The minimum Gasteiger partial charge on any atom is -0.349 e. The number of carbonyl (C=O) groups excluding carboxylic acids is 1. The molecule has 1 heterocycles. The molecule has 0 fully saturated rings. The maximum Gasteiger partial charge on any atom is 0.225 e. The fraction of sp³-hybridized carbons (Fsp3) is 0.158. The van der Waals surface area contributed by atoms with E-state index in [9.17, 15) is 9.18 Å². The molecule has 2 N–H and O–H groups in total. The van der Waals surface area contributed by atoms with Crippen LogP contribution in [0.1, 0.15) is 23.0 Å². The highest BCUT2D eigenvalue weighted by atomic mass is 19.1. The lowest BCUT2D eigenvalue weighted by molar-refractivity contribution is -0.121. The molecule has 24 heavy (non-hydrogen) atoms. The SMILES string of the molecule is O=C(Cc1ccccc1F)N[C@H](Cc1ncc[nH]1)c1ccccc1. The van der Waals surface area contributed by atoms with Crippen molar-refractivity contribution < 1.29 is 9.18 Å². The molecule has 0 saturated heterocycles. The molecule has 0 radical (unpaired) electrons. The van der Waals surface area contributed by atoms with Crippen LogP contribution in [0.4, 0.5) is 4.39 Å². The highest BCUT2D eigenvalue weighted by molar-refractivity contribution is 5.79. The van der Waals surface area contributed by atoms with Gasteiger partial charge >= 0.3 is 0 Å². The zero-order chi connectivity index (χ0) is 16.8. The molecule has 1 atom stereocenters. The summed E-state index contributed by atoms with van der Waals surface area (Å²) in [5.41, 5.74) is 1.37. The number of nitrogens with one attached hydrogen (secondary N) is 2. The Morgan fingerprint density at radius 1 is 1.12 bits per heavy atom. The number of imidazole rings is 1. The lowest BCUT2D eigenvalue weighted by Crippen LogP contribution is -2.31. The van der Waals surface area contributed by atoms with Crippen molar-refractivity contribution in [1.29, 1.82) is 0 Å². The van der Waals surface area contributed by atoms with Gasteiger partial charge in [-0.05, 0) is 17.2 Å². The number of aromatic amines is 1. The number of nitrogens with zero attached hydrogens (tertiary/aromatic N) is 1. The highest BCUT2D eigenvalue weighted by Gasteiger charge is 2.17. The third kappa shape index (κ3) is 4.07. The van der Waals surface area contributed by atoms with Gasteiger partial charge in [-0.1, -0.05) is 48.5 Å². The molecule has 0 unspecified atom stereocenters. The largest absolute Gasteiger partial charge is 0.349 e. The summed E-state index contributed by atoms with van der Waals surface area (Å²) in [6, 6.07) is 15.8. The quantitative estimate of drug-likeness (QED) is 0.732. The predicted octanol–water partition coefficient (Wildman–Crippen LogP) is 3.19. The first-order chi connectivity index (χ1) is 11.7. The number of hydrogen-bond acceptors (Lipinski definition) is 2. The lowest BCUT2D eigenvalue weighted by Gasteiger charge is -2.18. The Bertz CT molecular complexity index is 787. The van der Waals surface area contributed by atoms with E-state index in [1.54, 1.807) is 30.6 Å². The van der Waals surface area contributed by atoms with Gasteiger partial charge in [-0.25, -0.2) is 9.37 Å². The molecule has 0 spiro atoms. The van der Waals surface area contributed by atoms with Crippen LogP contribution in [0.3, 0.4) is 0 Å². The lowest BCUT2D eigenvalue weighted by atomic mass is 10.0. The Labute approximate surface area is 139 Å². The number of benzene rings is 2. The number of amides is 1. The van der Waals surface area contributed by atoms with E-state index in [2.05, 4.69) is 15.3 Å². The Balaban J connectivity index is 1.74. The van der Waals surface area contributed by atoms with Crippen molar-refractivity contribution in [3.05, 3.63) is 89.8 Å². The van der Waals surface area contributed by atoms with Crippen LogP contribution in [0, 0.1) is 5.82 Å². The van der Waals surface area contributed by atoms with Gasteiger partial charge in [0.05, 0.1) is 12.5 Å². The summed E-state index contributed by atoms with van der Waals surface area (Å²) in [6.45, 7) is 0. The zero-order valence-electron chi connectivity index (χ0n) is 13.1. The first-order valence-electron chi connectivity index (χ1n) is 7.78. The number of hydrogen-bond donors (Lipinski definition) is 2. The molecular weight excluding hydrogens is 305 g/mol. The monoisotopic (exact) mass is 323 g/mol. The molecule has 0 aliphatic carbocycles. The Kier molecular flexibility index (Phi) is 5.01. The third-order valence-corrected chi connectivity index (χ3v) is 3.80. The average molecular weight is 323 g/mol. The van der Waals surface area contributed by atoms with Gasteiger partial charge in [0.1, 0.15) is 11.6 Å². The molecule has 2 aromatic carbocycles. The first kappa shape index (κ1) is 15.9. The number of aromatic nitrogens is 2. The standard InChI is InChI=1S/C19H18FN3O/c20-16-9-5-4-8-15(16)12-19(24)23-17(13-18-21-10-11-22-18)14-6-2-1-3-7-14/h1-11,17H,12-13H2,(H,21,22)(H,23,24)/t17-/m1/s1. The number of rotatable bonds is 6. The fourth-order valence-electron chi connectivity index (χ4n) is 2.60. The molecule has 0 aliphatic rings. The summed E-state index contributed by atoms with van der Waals surface area (Å²) in [5, 5.41) is 2.98. The van der Waals surface area contributed by atoms with Gasteiger partial charge in [0.15, 0.2) is 0 Å². The highest BCUT2D eigenvalue weighted by Crippen LogP contribution is 2.17. The molecule has 0 aliphatic heterocycles. The van der Waals surface area contributed by atoms with E-state index in [4.69, 9.17) is 0 Å². The predicted molar refractivity (Wildman–Crippen MR) is 89.7 cm³/mol. The molecular formula is C19H18FN3O. The molecule has 122 valence electrons. The zero-order valence-corrected chi connectivity index (χ0v) is 13.1. The van der Waals surface area contributed by atoms with Crippen molar-refractivity contribution in [2.75, 3.05) is 0 Å². The first-order valence-corrected chi connectivity index (χ1v) is 7.78. The van der Waals surface area contributed by atoms with Crippen molar-refractivity contribution in [3.8, 4) is 0 Å². The molecule has 3 rings (SSSR count). The molecule has 4 nitrogen and oxygen atoms in total. The summed E-state index contributed by atoms with van der Waals surface area (Å²) in [7, 11) is 0. The average Bonchev–Trinajstić information content (AvgIpc) is 3.10. The van der Waals surface area contributed by atoms with E-state index in [1.165, 1.54) is 6.07 Å². The Morgan fingerprint density at radius 2 is 1.88 bits per heavy atom. The van der Waals surface area contributed by atoms with Crippen LogP contribution in [0.15, 0.2) is 67.0 Å².